The van der Waals surface area contributed by atoms with Crippen LogP contribution < -0.4 is 0 Å². The number of rotatable bonds is 5. The van der Waals surface area contributed by atoms with Crippen LogP contribution in [-0.2, 0) is 16.0 Å². The fraction of sp³-hybridized carbons (Fsp3) is 0.500. The van der Waals surface area contributed by atoms with E-state index in [9.17, 15) is 9.59 Å². The van der Waals surface area contributed by atoms with Crippen molar-refractivity contribution in [3.05, 3.63) is 24.5 Å². The van der Waals surface area contributed by atoms with E-state index in [-0.39, 0.29) is 24.9 Å². The lowest BCUT2D eigenvalue weighted by atomic mass is 9.93. The number of aliphatic carboxylic acids is 1. The molecule has 24 heavy (non-hydrogen) atoms. The van der Waals surface area contributed by atoms with Crippen LogP contribution in [0.2, 0.25) is 0 Å². The standard InChI is InChI=1S/C16H19N3O5/c1-10-2-3-11(16(21)22)8-19(10)14(20)5-4-13-17-15(18-24-13)12-6-7-23-9-12/h6-7,9-11H,2-5,8H2,1H3,(H,21,22). The van der Waals surface area contributed by atoms with E-state index in [4.69, 9.17) is 14.0 Å². The lowest BCUT2D eigenvalue weighted by molar-refractivity contribution is -0.147. The van der Waals surface area contributed by atoms with E-state index < -0.39 is 11.9 Å². The summed E-state index contributed by atoms with van der Waals surface area (Å²) in [6, 6.07) is 1.78. The van der Waals surface area contributed by atoms with Crippen molar-refractivity contribution in [3.63, 3.8) is 0 Å². The van der Waals surface area contributed by atoms with E-state index in [0.717, 1.165) is 0 Å². The molecule has 2 aromatic heterocycles. The summed E-state index contributed by atoms with van der Waals surface area (Å²) < 4.78 is 10.1. The van der Waals surface area contributed by atoms with Crippen LogP contribution in [0.4, 0.5) is 0 Å². The molecule has 0 aliphatic carbocycles. The molecule has 0 saturated carbocycles. The largest absolute Gasteiger partial charge is 0.481 e. The zero-order chi connectivity index (χ0) is 17.1. The van der Waals surface area contributed by atoms with Gasteiger partial charge < -0.3 is 18.9 Å². The maximum absolute atomic E-state index is 12.4. The first-order valence-corrected chi connectivity index (χ1v) is 7.92. The van der Waals surface area contributed by atoms with E-state index in [1.807, 2.05) is 6.92 Å². The Bertz CT molecular complexity index is 709. The predicted octanol–water partition coefficient (Wildman–Crippen LogP) is 1.97. The molecule has 8 nitrogen and oxygen atoms in total. The van der Waals surface area contributed by atoms with Crippen molar-refractivity contribution in [3.8, 4) is 11.4 Å². The average molecular weight is 333 g/mol. The summed E-state index contributed by atoms with van der Waals surface area (Å²) in [6.45, 7) is 2.21. The molecule has 1 fully saturated rings. The SMILES string of the molecule is CC1CCC(C(=O)O)CN1C(=O)CCc1nc(-c2ccoc2)no1. The molecule has 1 saturated heterocycles. The monoisotopic (exact) mass is 333 g/mol. The normalized spacial score (nSPS) is 21.0. The van der Waals surface area contributed by atoms with Gasteiger partial charge in [-0.1, -0.05) is 5.16 Å². The first-order valence-electron chi connectivity index (χ1n) is 7.92. The Kier molecular flexibility index (Phi) is 4.64. The topological polar surface area (TPSA) is 110 Å². The Hall–Kier alpha value is -2.64. The van der Waals surface area contributed by atoms with Crippen LogP contribution in [0.25, 0.3) is 11.4 Å². The van der Waals surface area contributed by atoms with Gasteiger partial charge in [-0.2, -0.15) is 4.98 Å². The van der Waals surface area contributed by atoms with Crippen molar-refractivity contribution in [1.82, 2.24) is 15.0 Å². The van der Waals surface area contributed by atoms with Gasteiger partial charge in [0, 0.05) is 25.4 Å². The van der Waals surface area contributed by atoms with Crippen LogP contribution in [0.5, 0.6) is 0 Å². The van der Waals surface area contributed by atoms with E-state index in [0.29, 0.717) is 36.5 Å². The summed E-state index contributed by atoms with van der Waals surface area (Å²) in [5.74, 6) is -0.624. The second-order valence-electron chi connectivity index (χ2n) is 6.03. The van der Waals surface area contributed by atoms with Crippen LogP contribution in [-0.4, -0.2) is 44.6 Å². The van der Waals surface area contributed by atoms with E-state index >= 15 is 0 Å². The molecule has 0 bridgehead atoms. The number of carbonyl (C=O) groups is 2. The molecular formula is C16H19N3O5. The highest BCUT2D eigenvalue weighted by Crippen LogP contribution is 2.23. The zero-order valence-corrected chi connectivity index (χ0v) is 13.3. The third kappa shape index (κ3) is 3.47. The molecule has 2 aromatic rings. The smallest absolute Gasteiger partial charge is 0.308 e. The first kappa shape index (κ1) is 16.2. The lowest BCUT2D eigenvalue weighted by Gasteiger charge is -2.36. The second kappa shape index (κ2) is 6.86. The molecule has 2 atom stereocenters. The molecule has 128 valence electrons. The van der Waals surface area contributed by atoms with Crippen molar-refractivity contribution in [2.45, 2.75) is 38.6 Å². The fourth-order valence-electron chi connectivity index (χ4n) is 2.88. The molecule has 3 rings (SSSR count). The van der Waals surface area contributed by atoms with Crippen LogP contribution in [0.15, 0.2) is 27.5 Å². The number of piperidine rings is 1. The number of hydrogen-bond acceptors (Lipinski definition) is 6. The molecule has 1 N–H and O–H groups in total. The van der Waals surface area contributed by atoms with Gasteiger partial charge in [-0.3, -0.25) is 9.59 Å². The van der Waals surface area contributed by atoms with Crippen LogP contribution in [0.3, 0.4) is 0 Å². The number of likely N-dealkylation sites (tertiary alicyclic amines) is 1. The van der Waals surface area contributed by atoms with Gasteiger partial charge in [-0.05, 0) is 25.8 Å². The van der Waals surface area contributed by atoms with E-state index in [2.05, 4.69) is 10.1 Å². The van der Waals surface area contributed by atoms with E-state index in [1.165, 1.54) is 12.5 Å². The summed E-state index contributed by atoms with van der Waals surface area (Å²) >= 11 is 0. The number of aryl methyl sites for hydroxylation is 1. The van der Waals surface area contributed by atoms with Crippen LogP contribution >= 0.6 is 0 Å². The molecule has 0 radical (unpaired) electrons. The van der Waals surface area contributed by atoms with Crippen molar-refractivity contribution < 1.29 is 23.6 Å². The van der Waals surface area contributed by atoms with Crippen LogP contribution in [0, 0.1) is 5.92 Å². The minimum Gasteiger partial charge on any atom is -0.481 e. The number of carboxylic acids is 1. The summed E-state index contributed by atoms with van der Waals surface area (Å²) in [5, 5.41) is 13.0. The van der Waals surface area contributed by atoms with Crippen molar-refractivity contribution in [2.75, 3.05) is 6.54 Å². The number of carbonyl (C=O) groups excluding carboxylic acids is 1. The minimum atomic E-state index is -0.846. The predicted molar refractivity (Wildman–Crippen MR) is 81.9 cm³/mol. The van der Waals surface area contributed by atoms with E-state index in [1.54, 1.807) is 11.0 Å². The number of furan rings is 1. The number of amides is 1. The second-order valence-corrected chi connectivity index (χ2v) is 6.03. The Balaban J connectivity index is 1.58. The number of nitrogens with zero attached hydrogens (tertiary/aromatic N) is 3. The van der Waals surface area contributed by atoms with Gasteiger partial charge in [0.25, 0.3) is 0 Å². The molecule has 2 unspecified atom stereocenters. The van der Waals surface area contributed by atoms with Gasteiger partial charge in [0.15, 0.2) is 0 Å². The molecule has 1 aliphatic heterocycles. The number of carboxylic acid groups (broad SMARTS) is 1. The molecule has 3 heterocycles. The van der Waals surface area contributed by atoms with Crippen molar-refractivity contribution >= 4 is 11.9 Å². The van der Waals surface area contributed by atoms with Gasteiger partial charge >= 0.3 is 5.97 Å². The third-order valence-corrected chi connectivity index (χ3v) is 4.35. The quantitative estimate of drug-likeness (QED) is 0.890. The highest BCUT2D eigenvalue weighted by atomic mass is 16.5. The molecule has 0 aromatic carbocycles. The Labute approximate surface area is 138 Å². The molecule has 8 heteroatoms. The Morgan fingerprint density at radius 1 is 1.42 bits per heavy atom. The maximum atomic E-state index is 12.4. The highest BCUT2D eigenvalue weighted by Gasteiger charge is 2.32. The summed E-state index contributed by atoms with van der Waals surface area (Å²) in [6.07, 6.45) is 4.88. The maximum Gasteiger partial charge on any atom is 0.308 e. The molecule has 1 aliphatic rings. The molecular weight excluding hydrogens is 314 g/mol. The van der Waals surface area contributed by atoms with Gasteiger partial charge in [0.2, 0.25) is 17.6 Å². The van der Waals surface area contributed by atoms with Gasteiger partial charge in [-0.15, -0.1) is 0 Å². The molecule has 0 spiro atoms. The summed E-state index contributed by atoms with van der Waals surface area (Å²) in [5.41, 5.74) is 0.713. The average Bonchev–Trinajstić information content (AvgIpc) is 3.24. The third-order valence-electron chi connectivity index (χ3n) is 4.35. The summed E-state index contributed by atoms with van der Waals surface area (Å²) in [7, 11) is 0. The van der Waals surface area contributed by atoms with Gasteiger partial charge in [0.05, 0.1) is 17.7 Å². The van der Waals surface area contributed by atoms with Crippen molar-refractivity contribution in [2.24, 2.45) is 5.92 Å². The highest BCUT2D eigenvalue weighted by molar-refractivity contribution is 5.78. The Morgan fingerprint density at radius 3 is 2.96 bits per heavy atom. The van der Waals surface area contributed by atoms with Crippen molar-refractivity contribution in [1.29, 1.82) is 0 Å². The van der Waals surface area contributed by atoms with Gasteiger partial charge in [0.1, 0.15) is 6.26 Å². The number of aromatic nitrogens is 2. The van der Waals surface area contributed by atoms with Crippen LogP contribution in [0.1, 0.15) is 32.1 Å². The number of hydrogen-bond donors (Lipinski definition) is 1. The van der Waals surface area contributed by atoms with Gasteiger partial charge in [-0.25, -0.2) is 0 Å². The first-order chi connectivity index (χ1) is 11.5. The summed E-state index contributed by atoms with van der Waals surface area (Å²) in [4.78, 5) is 29.4. The zero-order valence-electron chi connectivity index (χ0n) is 13.3. The fourth-order valence-corrected chi connectivity index (χ4v) is 2.88. The minimum absolute atomic E-state index is 0.0530. The Morgan fingerprint density at radius 2 is 2.25 bits per heavy atom. The molecule has 1 amide bonds. The lowest BCUT2D eigenvalue weighted by Crippen LogP contribution is -2.47.